The first-order valence-electron chi connectivity index (χ1n) is 6.58. The van der Waals surface area contributed by atoms with Crippen LogP contribution in [0.3, 0.4) is 0 Å². The van der Waals surface area contributed by atoms with Crippen molar-refractivity contribution < 1.29 is 9.53 Å². The van der Waals surface area contributed by atoms with Crippen LogP contribution < -0.4 is 0 Å². The van der Waals surface area contributed by atoms with Gasteiger partial charge >= 0.3 is 0 Å². The predicted octanol–water partition coefficient (Wildman–Crippen LogP) is 2.93. The number of ether oxygens (including phenoxy) is 1. The van der Waals surface area contributed by atoms with Crippen LogP contribution in [0.15, 0.2) is 18.2 Å². The van der Waals surface area contributed by atoms with Crippen LogP contribution in [0.1, 0.15) is 28.4 Å². The molecular weight excluding hydrogens is 306 g/mol. The lowest BCUT2D eigenvalue weighted by Gasteiger charge is -2.37. The van der Waals surface area contributed by atoms with Crippen molar-refractivity contribution in [2.75, 3.05) is 18.5 Å². The number of carbonyl (C=O) groups is 1. The standard InChI is InChI=1S/C15H20BrNO2/c1-10-4-11(2)6-13(5-10)15(18)17-8-14(7-16)19-9-12(17)3/h4-6,12,14H,7-9H2,1-3H3. The maximum absolute atomic E-state index is 12.6. The van der Waals surface area contributed by atoms with Crippen molar-refractivity contribution in [2.24, 2.45) is 0 Å². The van der Waals surface area contributed by atoms with Gasteiger partial charge in [0, 0.05) is 17.4 Å². The maximum atomic E-state index is 12.6. The van der Waals surface area contributed by atoms with E-state index in [9.17, 15) is 4.79 Å². The van der Waals surface area contributed by atoms with Gasteiger partial charge in [-0.2, -0.15) is 0 Å². The molecule has 4 heteroatoms. The molecule has 19 heavy (non-hydrogen) atoms. The summed E-state index contributed by atoms with van der Waals surface area (Å²) in [7, 11) is 0. The summed E-state index contributed by atoms with van der Waals surface area (Å²) in [6.07, 6.45) is 0.0889. The van der Waals surface area contributed by atoms with Gasteiger partial charge in [0.25, 0.3) is 5.91 Å². The van der Waals surface area contributed by atoms with Gasteiger partial charge in [-0.05, 0) is 32.9 Å². The van der Waals surface area contributed by atoms with Crippen LogP contribution in [-0.2, 0) is 4.74 Å². The van der Waals surface area contributed by atoms with Gasteiger partial charge in [0.1, 0.15) is 0 Å². The van der Waals surface area contributed by atoms with Crippen molar-refractivity contribution in [3.05, 3.63) is 34.9 Å². The van der Waals surface area contributed by atoms with Crippen molar-refractivity contribution in [2.45, 2.75) is 32.9 Å². The minimum atomic E-state index is 0.0889. The second-order valence-electron chi connectivity index (χ2n) is 5.29. The van der Waals surface area contributed by atoms with E-state index in [1.807, 2.05) is 37.8 Å². The number of halogens is 1. The van der Waals surface area contributed by atoms with Crippen LogP contribution in [-0.4, -0.2) is 41.4 Å². The lowest BCUT2D eigenvalue weighted by Crippen LogP contribution is -2.51. The number of aryl methyl sites for hydroxylation is 2. The van der Waals surface area contributed by atoms with Crippen LogP contribution in [0.5, 0.6) is 0 Å². The molecule has 1 aliphatic rings. The summed E-state index contributed by atoms with van der Waals surface area (Å²) in [5.41, 5.74) is 3.03. The van der Waals surface area contributed by atoms with Gasteiger partial charge in [-0.15, -0.1) is 0 Å². The molecule has 0 aliphatic carbocycles. The number of amides is 1. The lowest BCUT2D eigenvalue weighted by atomic mass is 10.0. The van der Waals surface area contributed by atoms with E-state index in [1.54, 1.807) is 0 Å². The minimum Gasteiger partial charge on any atom is -0.373 e. The Balaban J connectivity index is 2.21. The first-order chi connectivity index (χ1) is 9.01. The first kappa shape index (κ1) is 14.5. The van der Waals surface area contributed by atoms with E-state index in [4.69, 9.17) is 4.74 Å². The number of morpholine rings is 1. The van der Waals surface area contributed by atoms with Gasteiger partial charge < -0.3 is 9.64 Å². The highest BCUT2D eigenvalue weighted by Crippen LogP contribution is 2.18. The largest absolute Gasteiger partial charge is 0.373 e. The normalized spacial score (nSPS) is 23.5. The summed E-state index contributed by atoms with van der Waals surface area (Å²) in [5.74, 6) is 0.105. The Kier molecular flexibility index (Phi) is 4.63. The fraction of sp³-hybridized carbons (Fsp3) is 0.533. The highest BCUT2D eigenvalue weighted by Gasteiger charge is 2.29. The van der Waals surface area contributed by atoms with Crippen LogP contribution in [0.4, 0.5) is 0 Å². The number of benzene rings is 1. The van der Waals surface area contributed by atoms with E-state index in [2.05, 4.69) is 22.0 Å². The SMILES string of the molecule is Cc1cc(C)cc(C(=O)N2CC(CBr)OCC2C)c1. The molecule has 3 nitrogen and oxygen atoms in total. The van der Waals surface area contributed by atoms with Crippen LogP contribution >= 0.6 is 15.9 Å². The molecule has 1 aliphatic heterocycles. The zero-order chi connectivity index (χ0) is 14.0. The van der Waals surface area contributed by atoms with Crippen molar-refractivity contribution in [3.8, 4) is 0 Å². The summed E-state index contributed by atoms with van der Waals surface area (Å²) in [5, 5.41) is 0.760. The number of hydrogen-bond donors (Lipinski definition) is 0. The van der Waals surface area contributed by atoms with Crippen molar-refractivity contribution in [1.82, 2.24) is 4.90 Å². The summed E-state index contributed by atoms with van der Waals surface area (Å²) in [6, 6.07) is 6.13. The molecule has 104 valence electrons. The Hall–Kier alpha value is -0.870. The van der Waals surface area contributed by atoms with Crippen molar-refractivity contribution >= 4 is 21.8 Å². The summed E-state index contributed by atoms with van der Waals surface area (Å²) in [4.78, 5) is 14.6. The Morgan fingerprint density at radius 2 is 2.00 bits per heavy atom. The molecule has 0 aromatic heterocycles. The molecule has 1 aromatic rings. The van der Waals surface area contributed by atoms with E-state index < -0.39 is 0 Å². The molecule has 1 saturated heterocycles. The quantitative estimate of drug-likeness (QED) is 0.782. The van der Waals surface area contributed by atoms with Gasteiger partial charge in [-0.1, -0.05) is 33.1 Å². The number of hydrogen-bond acceptors (Lipinski definition) is 2. The fourth-order valence-corrected chi connectivity index (χ4v) is 2.85. The summed E-state index contributed by atoms with van der Waals surface area (Å²) < 4.78 is 5.66. The number of nitrogens with zero attached hydrogens (tertiary/aromatic N) is 1. The molecule has 1 amide bonds. The summed E-state index contributed by atoms with van der Waals surface area (Å²) in [6.45, 7) is 7.33. The van der Waals surface area contributed by atoms with Gasteiger partial charge in [0.15, 0.2) is 0 Å². The Bertz CT molecular complexity index is 455. The lowest BCUT2D eigenvalue weighted by molar-refractivity contribution is -0.0361. The molecule has 1 heterocycles. The second-order valence-corrected chi connectivity index (χ2v) is 5.94. The smallest absolute Gasteiger partial charge is 0.254 e. The third-order valence-electron chi connectivity index (χ3n) is 3.41. The molecular formula is C15H20BrNO2. The fourth-order valence-electron chi connectivity index (χ4n) is 2.46. The van der Waals surface area contributed by atoms with E-state index in [0.29, 0.717) is 13.2 Å². The Morgan fingerprint density at radius 3 is 2.58 bits per heavy atom. The molecule has 1 aromatic carbocycles. The molecule has 2 unspecified atom stereocenters. The predicted molar refractivity (Wildman–Crippen MR) is 79.9 cm³/mol. The molecule has 0 saturated carbocycles. The van der Waals surface area contributed by atoms with Gasteiger partial charge in [0.05, 0.1) is 18.8 Å². The molecule has 1 fully saturated rings. The second kappa shape index (κ2) is 6.06. The molecule has 0 radical (unpaired) electrons. The van der Waals surface area contributed by atoms with Gasteiger partial charge in [-0.25, -0.2) is 0 Å². The third-order valence-corrected chi connectivity index (χ3v) is 4.13. The highest BCUT2D eigenvalue weighted by molar-refractivity contribution is 9.09. The zero-order valence-electron chi connectivity index (χ0n) is 11.6. The minimum absolute atomic E-state index is 0.0889. The van der Waals surface area contributed by atoms with Gasteiger partial charge in [-0.3, -0.25) is 4.79 Å². The first-order valence-corrected chi connectivity index (χ1v) is 7.70. The molecule has 2 atom stereocenters. The maximum Gasteiger partial charge on any atom is 0.254 e. The van der Waals surface area contributed by atoms with E-state index >= 15 is 0 Å². The van der Waals surface area contributed by atoms with Gasteiger partial charge in [0.2, 0.25) is 0 Å². The average molecular weight is 326 g/mol. The van der Waals surface area contributed by atoms with Crippen molar-refractivity contribution in [1.29, 1.82) is 0 Å². The van der Waals surface area contributed by atoms with E-state index in [-0.39, 0.29) is 18.1 Å². The van der Waals surface area contributed by atoms with E-state index in [1.165, 1.54) is 0 Å². The number of rotatable bonds is 2. The van der Waals surface area contributed by atoms with Crippen LogP contribution in [0, 0.1) is 13.8 Å². The summed E-state index contributed by atoms with van der Waals surface area (Å²) >= 11 is 3.42. The Labute approximate surface area is 123 Å². The third kappa shape index (κ3) is 3.37. The topological polar surface area (TPSA) is 29.5 Å². The highest BCUT2D eigenvalue weighted by atomic mass is 79.9. The molecule has 0 bridgehead atoms. The van der Waals surface area contributed by atoms with E-state index in [0.717, 1.165) is 22.0 Å². The zero-order valence-corrected chi connectivity index (χ0v) is 13.2. The van der Waals surface area contributed by atoms with Crippen LogP contribution in [0.2, 0.25) is 0 Å². The number of carbonyl (C=O) groups excluding carboxylic acids is 1. The molecule has 0 N–H and O–H groups in total. The molecule has 0 spiro atoms. The average Bonchev–Trinajstić information content (AvgIpc) is 2.37. The van der Waals surface area contributed by atoms with Crippen LogP contribution in [0.25, 0.3) is 0 Å². The molecule has 2 rings (SSSR count). The Morgan fingerprint density at radius 1 is 1.37 bits per heavy atom. The monoisotopic (exact) mass is 325 g/mol. The number of alkyl halides is 1. The van der Waals surface area contributed by atoms with Crippen molar-refractivity contribution in [3.63, 3.8) is 0 Å².